The minimum Gasteiger partial charge on any atom is -0.466 e. The number of carbonyl (C=O) groups is 2. The summed E-state index contributed by atoms with van der Waals surface area (Å²) in [6, 6.07) is 0.0349. The Morgan fingerprint density at radius 1 is 1.35 bits per heavy atom. The Balaban J connectivity index is 2.69. The lowest BCUT2D eigenvalue weighted by molar-refractivity contribution is -0.150. The summed E-state index contributed by atoms with van der Waals surface area (Å²) >= 11 is 0. The third kappa shape index (κ3) is 4.67. The van der Waals surface area contributed by atoms with Crippen molar-refractivity contribution in [1.82, 2.24) is 10.2 Å². The molecule has 0 spiro atoms. The van der Waals surface area contributed by atoms with Crippen molar-refractivity contribution >= 4 is 12.1 Å². The molecular formula is C14H26N2O4. The summed E-state index contributed by atoms with van der Waals surface area (Å²) in [5.74, 6) is -0.610. The zero-order valence-corrected chi connectivity index (χ0v) is 13.1. The number of nitrogens with one attached hydrogen (secondary N) is 1. The maximum Gasteiger partial charge on any atom is 0.410 e. The highest BCUT2D eigenvalue weighted by Crippen LogP contribution is 2.21. The van der Waals surface area contributed by atoms with Crippen LogP contribution < -0.4 is 5.32 Å². The molecule has 1 amide bonds. The van der Waals surface area contributed by atoms with E-state index in [-0.39, 0.29) is 24.0 Å². The molecule has 1 aliphatic rings. The van der Waals surface area contributed by atoms with Crippen LogP contribution in [-0.2, 0) is 14.3 Å². The lowest BCUT2D eigenvalue weighted by Crippen LogP contribution is -2.54. The zero-order valence-electron chi connectivity index (χ0n) is 13.1. The van der Waals surface area contributed by atoms with Gasteiger partial charge in [0, 0.05) is 19.1 Å². The fraction of sp³-hybridized carbons (Fsp3) is 0.857. The molecule has 20 heavy (non-hydrogen) atoms. The van der Waals surface area contributed by atoms with E-state index in [1.807, 2.05) is 27.8 Å². The van der Waals surface area contributed by atoms with Crippen LogP contribution in [0.15, 0.2) is 0 Å². The van der Waals surface area contributed by atoms with Crippen molar-refractivity contribution in [2.45, 2.75) is 45.8 Å². The van der Waals surface area contributed by atoms with Gasteiger partial charge in [-0.1, -0.05) is 0 Å². The molecule has 2 atom stereocenters. The van der Waals surface area contributed by atoms with Crippen molar-refractivity contribution in [3.63, 3.8) is 0 Å². The number of hydrogen-bond donors (Lipinski definition) is 1. The molecular weight excluding hydrogens is 260 g/mol. The first-order valence-electron chi connectivity index (χ1n) is 7.10. The van der Waals surface area contributed by atoms with E-state index >= 15 is 0 Å². The second-order valence-corrected chi connectivity index (χ2v) is 5.97. The molecule has 0 aliphatic carbocycles. The number of rotatable bonds is 3. The van der Waals surface area contributed by atoms with E-state index < -0.39 is 5.60 Å². The highest BCUT2D eigenvalue weighted by atomic mass is 16.6. The molecule has 116 valence electrons. The predicted molar refractivity (Wildman–Crippen MR) is 75.4 cm³/mol. The average molecular weight is 286 g/mol. The van der Waals surface area contributed by atoms with Gasteiger partial charge >= 0.3 is 12.1 Å². The molecule has 1 saturated heterocycles. The van der Waals surface area contributed by atoms with Gasteiger partial charge in [0.05, 0.1) is 12.5 Å². The van der Waals surface area contributed by atoms with Crippen LogP contribution in [0.3, 0.4) is 0 Å². The molecule has 1 fully saturated rings. The Bertz CT molecular complexity index is 352. The number of carbonyl (C=O) groups excluding carboxylic acids is 2. The van der Waals surface area contributed by atoms with Crippen molar-refractivity contribution in [2.75, 3.05) is 26.7 Å². The normalized spacial score (nSPS) is 23.4. The Hall–Kier alpha value is -1.30. The fourth-order valence-electron chi connectivity index (χ4n) is 2.28. The first-order chi connectivity index (χ1) is 9.28. The Labute approximate surface area is 120 Å². The molecule has 1 heterocycles. The van der Waals surface area contributed by atoms with E-state index in [0.717, 1.165) is 0 Å². The molecule has 0 bridgehead atoms. The van der Waals surface area contributed by atoms with Crippen LogP contribution in [0.2, 0.25) is 0 Å². The van der Waals surface area contributed by atoms with Gasteiger partial charge in [-0.15, -0.1) is 0 Å². The monoisotopic (exact) mass is 286 g/mol. The molecule has 0 radical (unpaired) electrons. The minimum absolute atomic E-state index is 0.0349. The Morgan fingerprint density at radius 2 is 2.00 bits per heavy atom. The summed E-state index contributed by atoms with van der Waals surface area (Å²) in [5.41, 5.74) is -0.531. The first-order valence-corrected chi connectivity index (χ1v) is 7.10. The van der Waals surface area contributed by atoms with Crippen molar-refractivity contribution in [3.8, 4) is 0 Å². The van der Waals surface area contributed by atoms with Crippen LogP contribution in [0, 0.1) is 5.92 Å². The molecule has 2 unspecified atom stereocenters. The lowest BCUT2D eigenvalue weighted by Gasteiger charge is -2.37. The fourth-order valence-corrected chi connectivity index (χ4v) is 2.28. The smallest absolute Gasteiger partial charge is 0.410 e. The molecule has 1 N–H and O–H groups in total. The third-order valence-corrected chi connectivity index (χ3v) is 3.22. The topological polar surface area (TPSA) is 67.9 Å². The van der Waals surface area contributed by atoms with Crippen molar-refractivity contribution < 1.29 is 19.1 Å². The molecule has 1 aliphatic heterocycles. The molecule has 0 aromatic heterocycles. The number of nitrogens with zero attached hydrogens (tertiary/aromatic N) is 1. The van der Waals surface area contributed by atoms with Gasteiger partial charge in [0.1, 0.15) is 5.60 Å². The average Bonchev–Trinajstić information content (AvgIpc) is 2.36. The van der Waals surface area contributed by atoms with Gasteiger partial charge in [0.15, 0.2) is 0 Å². The molecule has 1 rings (SSSR count). The first kappa shape index (κ1) is 16.8. The van der Waals surface area contributed by atoms with Crippen molar-refractivity contribution in [2.24, 2.45) is 5.92 Å². The summed E-state index contributed by atoms with van der Waals surface area (Å²) in [6.07, 6.45) is 0.334. The largest absolute Gasteiger partial charge is 0.466 e. The van der Waals surface area contributed by atoms with Gasteiger partial charge < -0.3 is 19.7 Å². The van der Waals surface area contributed by atoms with Gasteiger partial charge in [0.2, 0.25) is 0 Å². The van der Waals surface area contributed by atoms with E-state index in [1.54, 1.807) is 11.8 Å². The number of likely N-dealkylation sites (tertiary alicyclic amines) is 1. The van der Waals surface area contributed by atoms with Crippen LogP contribution >= 0.6 is 0 Å². The number of ether oxygens (including phenoxy) is 2. The van der Waals surface area contributed by atoms with E-state index in [0.29, 0.717) is 26.1 Å². The van der Waals surface area contributed by atoms with E-state index in [9.17, 15) is 9.59 Å². The number of hydrogen-bond acceptors (Lipinski definition) is 5. The summed E-state index contributed by atoms with van der Waals surface area (Å²) in [5, 5.41) is 3.12. The van der Waals surface area contributed by atoms with Crippen LogP contribution in [-0.4, -0.2) is 55.3 Å². The van der Waals surface area contributed by atoms with Crippen molar-refractivity contribution in [1.29, 1.82) is 0 Å². The maximum absolute atomic E-state index is 12.1. The van der Waals surface area contributed by atoms with Crippen LogP contribution in [0.25, 0.3) is 0 Å². The Kier molecular flexibility index (Phi) is 5.80. The number of amides is 1. The standard InChI is InChI=1S/C14H26N2O4/c1-6-19-12(17)10-9-16(8-7-11(10)15-5)13(18)20-14(2,3)4/h10-11,15H,6-9H2,1-5H3. The van der Waals surface area contributed by atoms with Crippen LogP contribution in [0.1, 0.15) is 34.1 Å². The highest BCUT2D eigenvalue weighted by molar-refractivity contribution is 5.75. The third-order valence-electron chi connectivity index (χ3n) is 3.22. The van der Waals surface area contributed by atoms with E-state index in [4.69, 9.17) is 9.47 Å². The lowest BCUT2D eigenvalue weighted by atomic mass is 9.92. The predicted octanol–water partition coefficient (Wildman–Crippen LogP) is 1.39. The van der Waals surface area contributed by atoms with Crippen LogP contribution in [0.5, 0.6) is 0 Å². The second kappa shape index (κ2) is 6.92. The summed E-state index contributed by atoms with van der Waals surface area (Å²) in [4.78, 5) is 25.6. The zero-order chi connectivity index (χ0) is 15.3. The van der Waals surface area contributed by atoms with Crippen molar-refractivity contribution in [3.05, 3.63) is 0 Å². The van der Waals surface area contributed by atoms with Gasteiger partial charge in [-0.25, -0.2) is 4.79 Å². The Morgan fingerprint density at radius 3 is 2.50 bits per heavy atom. The maximum atomic E-state index is 12.1. The van der Waals surface area contributed by atoms with E-state index in [1.165, 1.54) is 0 Å². The highest BCUT2D eigenvalue weighted by Gasteiger charge is 2.37. The SMILES string of the molecule is CCOC(=O)C1CN(C(=O)OC(C)(C)C)CCC1NC. The number of piperidine rings is 1. The molecule has 6 heteroatoms. The molecule has 0 aromatic carbocycles. The minimum atomic E-state index is -0.531. The molecule has 6 nitrogen and oxygen atoms in total. The van der Waals surface area contributed by atoms with Gasteiger partial charge in [0.25, 0.3) is 0 Å². The van der Waals surface area contributed by atoms with E-state index in [2.05, 4.69) is 5.32 Å². The van der Waals surface area contributed by atoms with Crippen LogP contribution in [0.4, 0.5) is 4.79 Å². The summed E-state index contributed by atoms with van der Waals surface area (Å²) in [6.45, 7) is 8.52. The number of esters is 1. The molecule has 0 saturated carbocycles. The van der Waals surface area contributed by atoms with Gasteiger partial charge in [-0.05, 0) is 41.2 Å². The summed E-state index contributed by atoms with van der Waals surface area (Å²) < 4.78 is 10.4. The summed E-state index contributed by atoms with van der Waals surface area (Å²) in [7, 11) is 1.82. The quantitative estimate of drug-likeness (QED) is 0.794. The van der Waals surface area contributed by atoms with Gasteiger partial charge in [-0.3, -0.25) is 4.79 Å². The van der Waals surface area contributed by atoms with Gasteiger partial charge in [-0.2, -0.15) is 0 Å². The molecule has 0 aromatic rings. The second-order valence-electron chi connectivity index (χ2n) is 5.97.